The smallest absolute Gasteiger partial charge is 0.269 e. The number of carbonyl (C=O) groups excluding carboxylic acids is 1. The zero-order valence-corrected chi connectivity index (χ0v) is 9.56. The number of nitrogens with two attached hydrogens (primary N) is 1. The molecular weight excluding hydrogens is 206 g/mol. The van der Waals surface area contributed by atoms with E-state index < -0.39 is 0 Å². The number of rotatable bonds is 5. The van der Waals surface area contributed by atoms with E-state index in [9.17, 15) is 4.79 Å². The minimum Gasteiger partial charge on any atom is -0.399 e. The molecule has 0 spiro atoms. The van der Waals surface area contributed by atoms with Gasteiger partial charge < -0.3 is 15.8 Å². The zero-order chi connectivity index (χ0) is 12.0. The van der Waals surface area contributed by atoms with Crippen LogP contribution in [-0.4, -0.2) is 31.2 Å². The third kappa shape index (κ3) is 3.86. The van der Waals surface area contributed by atoms with Crippen LogP contribution in [0.5, 0.6) is 0 Å². The van der Waals surface area contributed by atoms with Crippen LogP contribution in [0.3, 0.4) is 0 Å². The summed E-state index contributed by atoms with van der Waals surface area (Å²) in [4.78, 5) is 15.6. The normalized spacial score (nSPS) is 12.1. The third-order valence-corrected chi connectivity index (χ3v) is 2.08. The summed E-state index contributed by atoms with van der Waals surface area (Å²) in [5.74, 6) is 0.0604. The van der Waals surface area contributed by atoms with Gasteiger partial charge in [0, 0.05) is 25.5 Å². The highest BCUT2D eigenvalue weighted by atomic mass is 16.5. The predicted molar refractivity (Wildman–Crippen MR) is 62.0 cm³/mol. The van der Waals surface area contributed by atoms with Crippen molar-refractivity contribution in [3.63, 3.8) is 0 Å². The fraction of sp³-hybridized carbons (Fsp3) is 0.455. The monoisotopic (exact) mass is 223 g/mol. The van der Waals surface area contributed by atoms with E-state index >= 15 is 0 Å². The lowest BCUT2D eigenvalue weighted by atomic mass is 10.2. The van der Waals surface area contributed by atoms with Gasteiger partial charge in [-0.2, -0.15) is 0 Å². The van der Waals surface area contributed by atoms with Gasteiger partial charge in [-0.15, -0.1) is 0 Å². The molecule has 0 aliphatic rings. The van der Waals surface area contributed by atoms with Crippen LogP contribution < -0.4 is 11.1 Å². The van der Waals surface area contributed by atoms with Gasteiger partial charge in [0.1, 0.15) is 5.69 Å². The quantitative estimate of drug-likeness (QED) is 0.769. The zero-order valence-electron chi connectivity index (χ0n) is 9.56. The topological polar surface area (TPSA) is 77.2 Å². The lowest BCUT2D eigenvalue weighted by Crippen LogP contribution is -2.30. The fourth-order valence-corrected chi connectivity index (χ4v) is 1.27. The predicted octanol–water partition coefficient (Wildman–Crippen LogP) is 0.676. The maximum Gasteiger partial charge on any atom is 0.269 e. The molecular formula is C11H17N3O2. The Bertz CT molecular complexity index is 355. The van der Waals surface area contributed by atoms with E-state index in [1.165, 1.54) is 6.20 Å². The number of nitrogen functional groups attached to an aromatic ring is 1. The highest BCUT2D eigenvalue weighted by Gasteiger charge is 2.08. The second-order valence-corrected chi connectivity index (χ2v) is 3.74. The van der Waals surface area contributed by atoms with Crippen molar-refractivity contribution in [2.24, 2.45) is 5.92 Å². The average Bonchev–Trinajstić information content (AvgIpc) is 2.26. The van der Waals surface area contributed by atoms with Gasteiger partial charge in [-0.3, -0.25) is 9.78 Å². The maximum atomic E-state index is 11.6. The summed E-state index contributed by atoms with van der Waals surface area (Å²) >= 11 is 0. The summed E-state index contributed by atoms with van der Waals surface area (Å²) < 4.78 is 4.97. The second-order valence-electron chi connectivity index (χ2n) is 3.74. The molecule has 0 fully saturated rings. The van der Waals surface area contributed by atoms with E-state index in [2.05, 4.69) is 10.3 Å². The Labute approximate surface area is 95.0 Å². The van der Waals surface area contributed by atoms with Crippen molar-refractivity contribution in [1.82, 2.24) is 10.3 Å². The molecule has 1 aromatic rings. The van der Waals surface area contributed by atoms with E-state index in [-0.39, 0.29) is 11.8 Å². The first kappa shape index (κ1) is 12.4. The number of carbonyl (C=O) groups is 1. The molecule has 0 aliphatic heterocycles. The van der Waals surface area contributed by atoms with Crippen LogP contribution in [-0.2, 0) is 4.74 Å². The number of aromatic nitrogens is 1. The Kier molecular flexibility index (Phi) is 4.72. The molecule has 1 rings (SSSR count). The van der Waals surface area contributed by atoms with E-state index in [0.29, 0.717) is 24.5 Å². The van der Waals surface area contributed by atoms with Gasteiger partial charge in [0.25, 0.3) is 5.91 Å². The summed E-state index contributed by atoms with van der Waals surface area (Å²) in [6, 6.07) is 3.20. The first-order valence-corrected chi connectivity index (χ1v) is 5.12. The molecule has 0 saturated heterocycles. The van der Waals surface area contributed by atoms with Crippen molar-refractivity contribution in [3.8, 4) is 0 Å². The molecule has 1 atom stereocenters. The van der Waals surface area contributed by atoms with Gasteiger partial charge in [0.2, 0.25) is 0 Å². The molecule has 16 heavy (non-hydrogen) atoms. The number of hydrogen-bond acceptors (Lipinski definition) is 4. The molecule has 0 aliphatic carbocycles. The van der Waals surface area contributed by atoms with Crippen molar-refractivity contribution >= 4 is 11.6 Å². The largest absolute Gasteiger partial charge is 0.399 e. The lowest BCUT2D eigenvalue weighted by Gasteiger charge is -2.11. The number of nitrogens with one attached hydrogen (secondary N) is 1. The standard InChI is InChI=1S/C11H17N3O2/c1-8(7-16-2)6-14-11(15)10-5-9(12)3-4-13-10/h3-5,8H,6-7H2,1-2H3,(H2,12,13)(H,14,15). The van der Waals surface area contributed by atoms with Gasteiger partial charge in [0.05, 0.1) is 6.61 Å². The number of anilines is 1. The molecule has 0 saturated carbocycles. The van der Waals surface area contributed by atoms with Crippen LogP contribution in [0.25, 0.3) is 0 Å². The molecule has 5 heteroatoms. The molecule has 88 valence electrons. The van der Waals surface area contributed by atoms with Crippen molar-refractivity contribution in [2.45, 2.75) is 6.92 Å². The van der Waals surface area contributed by atoms with E-state index in [0.717, 1.165) is 0 Å². The molecule has 1 amide bonds. The van der Waals surface area contributed by atoms with Crippen molar-refractivity contribution in [3.05, 3.63) is 24.0 Å². The van der Waals surface area contributed by atoms with E-state index in [1.807, 2.05) is 6.92 Å². The summed E-state index contributed by atoms with van der Waals surface area (Å²) in [5.41, 5.74) is 6.43. The average molecular weight is 223 g/mol. The van der Waals surface area contributed by atoms with Gasteiger partial charge in [-0.1, -0.05) is 6.92 Å². The van der Waals surface area contributed by atoms with Gasteiger partial charge in [-0.25, -0.2) is 0 Å². The number of methoxy groups -OCH3 is 1. The Balaban J connectivity index is 2.47. The maximum absolute atomic E-state index is 11.6. The van der Waals surface area contributed by atoms with Crippen LogP contribution in [0, 0.1) is 5.92 Å². The van der Waals surface area contributed by atoms with Crippen LogP contribution in [0.4, 0.5) is 5.69 Å². The second kappa shape index (κ2) is 6.07. The number of pyridine rings is 1. The van der Waals surface area contributed by atoms with Gasteiger partial charge in [0.15, 0.2) is 0 Å². The molecule has 1 aromatic heterocycles. The molecule has 3 N–H and O–H groups in total. The van der Waals surface area contributed by atoms with Crippen molar-refractivity contribution in [2.75, 3.05) is 26.0 Å². The third-order valence-electron chi connectivity index (χ3n) is 2.08. The number of nitrogens with zero attached hydrogens (tertiary/aromatic N) is 1. The Morgan fingerprint density at radius 3 is 3.06 bits per heavy atom. The van der Waals surface area contributed by atoms with E-state index in [4.69, 9.17) is 10.5 Å². The molecule has 5 nitrogen and oxygen atoms in total. The molecule has 0 bridgehead atoms. The summed E-state index contributed by atoms with van der Waals surface area (Å²) in [6.07, 6.45) is 1.52. The number of amides is 1. The minimum atomic E-state index is -0.213. The summed E-state index contributed by atoms with van der Waals surface area (Å²) in [5, 5.41) is 2.77. The molecule has 1 unspecified atom stereocenters. The van der Waals surface area contributed by atoms with Crippen molar-refractivity contribution in [1.29, 1.82) is 0 Å². The number of hydrogen-bond donors (Lipinski definition) is 2. The Morgan fingerprint density at radius 1 is 1.69 bits per heavy atom. The van der Waals surface area contributed by atoms with Crippen LogP contribution in [0.1, 0.15) is 17.4 Å². The molecule has 1 heterocycles. The summed E-state index contributed by atoms with van der Waals surface area (Å²) in [6.45, 7) is 3.17. The molecule has 0 radical (unpaired) electrons. The SMILES string of the molecule is COCC(C)CNC(=O)c1cc(N)ccn1. The first-order valence-electron chi connectivity index (χ1n) is 5.12. The highest BCUT2D eigenvalue weighted by molar-refractivity contribution is 5.92. The fourth-order valence-electron chi connectivity index (χ4n) is 1.27. The van der Waals surface area contributed by atoms with Gasteiger partial charge in [-0.05, 0) is 18.1 Å². The first-order chi connectivity index (χ1) is 7.63. The van der Waals surface area contributed by atoms with Gasteiger partial charge >= 0.3 is 0 Å². The van der Waals surface area contributed by atoms with Crippen LogP contribution >= 0.6 is 0 Å². The number of ether oxygens (including phenoxy) is 1. The van der Waals surface area contributed by atoms with Crippen LogP contribution in [0.2, 0.25) is 0 Å². The Morgan fingerprint density at radius 2 is 2.44 bits per heavy atom. The van der Waals surface area contributed by atoms with Crippen LogP contribution in [0.15, 0.2) is 18.3 Å². The lowest BCUT2D eigenvalue weighted by molar-refractivity contribution is 0.0929. The van der Waals surface area contributed by atoms with E-state index in [1.54, 1.807) is 19.2 Å². The highest BCUT2D eigenvalue weighted by Crippen LogP contribution is 2.02. The molecule has 0 aromatic carbocycles. The van der Waals surface area contributed by atoms with Crippen molar-refractivity contribution < 1.29 is 9.53 Å². The Hall–Kier alpha value is -1.62. The minimum absolute atomic E-state index is 0.213. The summed E-state index contributed by atoms with van der Waals surface area (Å²) in [7, 11) is 1.64.